The molecule has 3 aliphatic rings. The summed E-state index contributed by atoms with van der Waals surface area (Å²) in [6.45, 7) is 3.21. The summed E-state index contributed by atoms with van der Waals surface area (Å²) in [7, 11) is 0. The Morgan fingerprint density at radius 1 is 1.30 bits per heavy atom. The van der Waals surface area contributed by atoms with E-state index < -0.39 is 6.04 Å². The molecular formula is C16H22ClN3O2S. The van der Waals surface area contributed by atoms with Crippen molar-refractivity contribution in [2.24, 2.45) is 11.3 Å². The summed E-state index contributed by atoms with van der Waals surface area (Å²) in [6, 6.07) is 3.46. The van der Waals surface area contributed by atoms with Gasteiger partial charge in [0, 0.05) is 23.9 Å². The monoisotopic (exact) mass is 355 g/mol. The molecule has 0 aromatic carbocycles. The standard InChI is InChI=1S/C16H21N3O2S.ClH/c20-14-13(12-2-1-9-22-12)19(8-7-18-14)15(21)11-10-16(11)3-5-17-6-4-16;/h1-2,9,11,13,17H,3-8,10H2,(H,18,20);1H. The zero-order valence-corrected chi connectivity index (χ0v) is 14.5. The van der Waals surface area contributed by atoms with Crippen LogP contribution < -0.4 is 10.6 Å². The highest BCUT2D eigenvalue weighted by Gasteiger charge is 2.59. The third-order valence-corrected chi connectivity index (χ3v) is 6.32. The molecule has 2 unspecified atom stereocenters. The van der Waals surface area contributed by atoms with Crippen LogP contribution in [0, 0.1) is 11.3 Å². The van der Waals surface area contributed by atoms with E-state index in [2.05, 4.69) is 10.6 Å². The molecule has 23 heavy (non-hydrogen) atoms. The van der Waals surface area contributed by atoms with Gasteiger partial charge >= 0.3 is 0 Å². The van der Waals surface area contributed by atoms with E-state index in [1.165, 1.54) is 0 Å². The maximum absolute atomic E-state index is 13.0. The van der Waals surface area contributed by atoms with Gasteiger partial charge in [-0.25, -0.2) is 0 Å². The molecule has 2 N–H and O–H groups in total. The van der Waals surface area contributed by atoms with E-state index >= 15 is 0 Å². The van der Waals surface area contributed by atoms with Crippen LogP contribution in [0.4, 0.5) is 0 Å². The van der Waals surface area contributed by atoms with Crippen molar-refractivity contribution < 1.29 is 9.59 Å². The third kappa shape index (κ3) is 2.88. The number of piperazine rings is 1. The number of halogens is 1. The average molecular weight is 356 g/mol. The molecule has 1 saturated carbocycles. The summed E-state index contributed by atoms with van der Waals surface area (Å²) in [5.74, 6) is 0.278. The summed E-state index contributed by atoms with van der Waals surface area (Å²) in [6.07, 6.45) is 3.18. The molecule has 2 aliphatic heterocycles. The van der Waals surface area contributed by atoms with Crippen molar-refractivity contribution in [1.29, 1.82) is 0 Å². The minimum Gasteiger partial charge on any atom is -0.352 e. The highest BCUT2D eigenvalue weighted by molar-refractivity contribution is 7.10. The number of carbonyl (C=O) groups is 2. The SMILES string of the molecule is Cl.O=C1NCCN(C(=O)C2CC23CCNCC3)C1c1cccs1. The first kappa shape index (κ1) is 16.7. The molecule has 1 aliphatic carbocycles. The van der Waals surface area contributed by atoms with Crippen molar-refractivity contribution in [3.63, 3.8) is 0 Å². The summed E-state index contributed by atoms with van der Waals surface area (Å²) in [5, 5.41) is 8.23. The fourth-order valence-electron chi connectivity index (χ4n) is 4.01. The molecule has 2 saturated heterocycles. The van der Waals surface area contributed by atoms with Gasteiger partial charge in [-0.05, 0) is 49.2 Å². The molecule has 0 bridgehead atoms. The Morgan fingerprint density at radius 2 is 2.09 bits per heavy atom. The number of nitrogens with one attached hydrogen (secondary N) is 2. The lowest BCUT2D eigenvalue weighted by molar-refractivity contribution is -0.145. The van der Waals surface area contributed by atoms with Gasteiger partial charge in [0.15, 0.2) is 0 Å². The van der Waals surface area contributed by atoms with E-state index in [1.807, 2.05) is 22.4 Å². The Balaban J connectivity index is 0.00000156. The Bertz CT molecular complexity index is 586. The van der Waals surface area contributed by atoms with Gasteiger partial charge in [-0.2, -0.15) is 0 Å². The van der Waals surface area contributed by atoms with Crippen molar-refractivity contribution in [1.82, 2.24) is 15.5 Å². The number of amides is 2. The van der Waals surface area contributed by atoms with Crippen molar-refractivity contribution in [3.8, 4) is 0 Å². The average Bonchev–Trinajstić information content (AvgIpc) is 2.98. The molecule has 1 spiro atoms. The molecule has 1 aromatic heterocycles. The van der Waals surface area contributed by atoms with Gasteiger partial charge in [-0.1, -0.05) is 6.07 Å². The van der Waals surface area contributed by atoms with Gasteiger partial charge in [0.1, 0.15) is 6.04 Å². The second-order valence-electron chi connectivity index (χ2n) is 6.61. The first-order valence-electron chi connectivity index (χ1n) is 8.04. The molecule has 5 nitrogen and oxygen atoms in total. The van der Waals surface area contributed by atoms with Crippen LogP contribution in [0.25, 0.3) is 0 Å². The van der Waals surface area contributed by atoms with Gasteiger partial charge in [0.2, 0.25) is 11.8 Å². The van der Waals surface area contributed by atoms with E-state index in [0.29, 0.717) is 13.1 Å². The molecule has 4 rings (SSSR count). The molecular weight excluding hydrogens is 334 g/mol. The highest BCUT2D eigenvalue weighted by Crippen LogP contribution is 2.59. The Labute approximate surface area is 146 Å². The van der Waals surface area contributed by atoms with Gasteiger partial charge in [0.25, 0.3) is 0 Å². The van der Waals surface area contributed by atoms with Gasteiger partial charge in [-0.15, -0.1) is 23.7 Å². The van der Waals surface area contributed by atoms with E-state index in [1.54, 1.807) is 11.3 Å². The second kappa shape index (κ2) is 6.42. The fourth-order valence-corrected chi connectivity index (χ4v) is 4.84. The molecule has 126 valence electrons. The molecule has 3 heterocycles. The summed E-state index contributed by atoms with van der Waals surface area (Å²) >= 11 is 1.55. The van der Waals surface area contributed by atoms with Crippen molar-refractivity contribution in [2.45, 2.75) is 25.3 Å². The highest BCUT2D eigenvalue weighted by atomic mass is 35.5. The number of rotatable bonds is 2. The van der Waals surface area contributed by atoms with Gasteiger partial charge in [-0.3, -0.25) is 9.59 Å². The Hall–Kier alpha value is -1.11. The molecule has 2 atom stereocenters. The lowest BCUT2D eigenvalue weighted by Gasteiger charge is -2.35. The molecule has 0 radical (unpaired) electrons. The zero-order chi connectivity index (χ0) is 15.2. The minimum atomic E-state index is -0.430. The fraction of sp³-hybridized carbons (Fsp3) is 0.625. The van der Waals surface area contributed by atoms with Crippen LogP contribution in [0.3, 0.4) is 0 Å². The number of nitrogens with zero attached hydrogens (tertiary/aromatic N) is 1. The lowest BCUT2D eigenvalue weighted by Crippen LogP contribution is -2.52. The van der Waals surface area contributed by atoms with E-state index in [0.717, 1.165) is 37.2 Å². The molecule has 3 fully saturated rings. The number of piperidine rings is 1. The van der Waals surface area contributed by atoms with Crippen molar-refractivity contribution >= 4 is 35.6 Å². The first-order chi connectivity index (χ1) is 10.7. The molecule has 1 aromatic rings. The number of hydrogen-bond acceptors (Lipinski definition) is 4. The lowest BCUT2D eigenvalue weighted by atomic mass is 9.91. The molecule has 7 heteroatoms. The van der Waals surface area contributed by atoms with Crippen LogP contribution >= 0.6 is 23.7 Å². The predicted molar refractivity (Wildman–Crippen MR) is 91.7 cm³/mol. The van der Waals surface area contributed by atoms with E-state index in [-0.39, 0.29) is 35.6 Å². The van der Waals surface area contributed by atoms with Crippen LogP contribution in [0.1, 0.15) is 30.2 Å². The zero-order valence-electron chi connectivity index (χ0n) is 12.9. The maximum atomic E-state index is 13.0. The van der Waals surface area contributed by atoms with Crippen LogP contribution in [-0.2, 0) is 9.59 Å². The quantitative estimate of drug-likeness (QED) is 0.846. The minimum absolute atomic E-state index is 0. The topological polar surface area (TPSA) is 61.4 Å². The van der Waals surface area contributed by atoms with Crippen molar-refractivity contribution in [3.05, 3.63) is 22.4 Å². The second-order valence-corrected chi connectivity index (χ2v) is 7.59. The number of hydrogen-bond donors (Lipinski definition) is 2. The Morgan fingerprint density at radius 3 is 2.78 bits per heavy atom. The summed E-state index contributed by atoms with van der Waals surface area (Å²) in [5.41, 5.74) is 0.219. The molecule has 2 amide bonds. The van der Waals surface area contributed by atoms with Crippen LogP contribution in [-0.4, -0.2) is 42.9 Å². The first-order valence-corrected chi connectivity index (χ1v) is 8.92. The van der Waals surface area contributed by atoms with Gasteiger partial charge < -0.3 is 15.5 Å². The number of thiophene rings is 1. The summed E-state index contributed by atoms with van der Waals surface area (Å²) < 4.78 is 0. The van der Waals surface area contributed by atoms with E-state index in [4.69, 9.17) is 0 Å². The third-order valence-electron chi connectivity index (χ3n) is 5.39. The Kier molecular flexibility index (Phi) is 4.67. The maximum Gasteiger partial charge on any atom is 0.248 e. The predicted octanol–water partition coefficient (Wildman–Crippen LogP) is 1.56. The van der Waals surface area contributed by atoms with Crippen LogP contribution in [0.15, 0.2) is 17.5 Å². The van der Waals surface area contributed by atoms with Crippen molar-refractivity contribution in [2.75, 3.05) is 26.2 Å². The summed E-state index contributed by atoms with van der Waals surface area (Å²) in [4.78, 5) is 28.1. The van der Waals surface area contributed by atoms with Gasteiger partial charge in [0.05, 0.1) is 0 Å². The van der Waals surface area contributed by atoms with Crippen LogP contribution in [0.2, 0.25) is 0 Å². The number of carbonyl (C=O) groups excluding carboxylic acids is 2. The normalized spacial score (nSPS) is 28.9. The largest absolute Gasteiger partial charge is 0.352 e. The van der Waals surface area contributed by atoms with Crippen LogP contribution in [0.5, 0.6) is 0 Å². The van der Waals surface area contributed by atoms with E-state index in [9.17, 15) is 9.59 Å². The smallest absolute Gasteiger partial charge is 0.248 e.